The zero-order valence-electron chi connectivity index (χ0n) is 11.9. The van der Waals surface area contributed by atoms with Gasteiger partial charge in [0.2, 0.25) is 5.91 Å². The maximum Gasteiger partial charge on any atom is 0.224 e. The van der Waals surface area contributed by atoms with Crippen molar-refractivity contribution in [3.8, 4) is 0 Å². The number of carbonyl (C=O) groups is 1. The van der Waals surface area contributed by atoms with Crippen molar-refractivity contribution in [2.24, 2.45) is 0 Å². The van der Waals surface area contributed by atoms with Gasteiger partial charge in [0.25, 0.3) is 0 Å². The van der Waals surface area contributed by atoms with E-state index in [1.165, 1.54) is 0 Å². The van der Waals surface area contributed by atoms with Crippen molar-refractivity contribution in [2.75, 3.05) is 17.3 Å². The summed E-state index contributed by atoms with van der Waals surface area (Å²) in [5.41, 5.74) is 2.01. The van der Waals surface area contributed by atoms with Gasteiger partial charge in [-0.25, -0.2) is 0 Å². The molecule has 0 aliphatic heterocycles. The molecule has 1 amide bonds. The molecule has 1 unspecified atom stereocenters. The van der Waals surface area contributed by atoms with Gasteiger partial charge >= 0.3 is 0 Å². The first kappa shape index (κ1) is 14.6. The highest BCUT2D eigenvalue weighted by molar-refractivity contribution is 5.91. The minimum absolute atomic E-state index is 0.0841. The van der Waals surface area contributed by atoms with E-state index in [2.05, 4.69) is 37.2 Å². The third-order valence-electron chi connectivity index (χ3n) is 3.27. The number of hydrogen-bond donors (Lipinski definition) is 1. The molecule has 18 heavy (non-hydrogen) atoms. The van der Waals surface area contributed by atoms with E-state index in [9.17, 15) is 4.79 Å². The molecule has 0 aliphatic rings. The van der Waals surface area contributed by atoms with Crippen LogP contribution in [0.2, 0.25) is 0 Å². The highest BCUT2D eigenvalue weighted by Crippen LogP contribution is 2.21. The minimum Gasteiger partial charge on any atom is -0.372 e. The molecular weight excluding hydrogens is 224 g/mol. The van der Waals surface area contributed by atoms with Gasteiger partial charge in [-0.3, -0.25) is 4.79 Å². The van der Waals surface area contributed by atoms with E-state index in [4.69, 9.17) is 0 Å². The van der Waals surface area contributed by atoms with Crippen LogP contribution in [0.25, 0.3) is 0 Å². The van der Waals surface area contributed by atoms with Crippen LogP contribution < -0.4 is 10.2 Å². The topological polar surface area (TPSA) is 32.3 Å². The van der Waals surface area contributed by atoms with E-state index < -0.39 is 0 Å². The van der Waals surface area contributed by atoms with Crippen LogP contribution in [-0.4, -0.2) is 19.0 Å². The van der Waals surface area contributed by atoms with Crippen LogP contribution in [-0.2, 0) is 4.79 Å². The third-order valence-corrected chi connectivity index (χ3v) is 3.27. The van der Waals surface area contributed by atoms with Crippen molar-refractivity contribution in [1.29, 1.82) is 0 Å². The van der Waals surface area contributed by atoms with Gasteiger partial charge in [-0.2, -0.15) is 0 Å². The molecule has 3 nitrogen and oxygen atoms in total. The lowest BCUT2D eigenvalue weighted by Gasteiger charge is -2.26. The molecule has 1 aromatic carbocycles. The fraction of sp³-hybridized carbons (Fsp3) is 0.533. The number of rotatable bonds is 6. The summed E-state index contributed by atoms with van der Waals surface area (Å²) in [5, 5.41) is 2.93. The smallest absolute Gasteiger partial charge is 0.224 e. The molecule has 100 valence electrons. The lowest BCUT2D eigenvalue weighted by molar-refractivity contribution is -0.116. The monoisotopic (exact) mass is 248 g/mol. The molecule has 1 atom stereocenters. The van der Waals surface area contributed by atoms with Crippen molar-refractivity contribution in [2.45, 2.75) is 46.1 Å². The molecule has 0 bridgehead atoms. The Kier molecular flexibility index (Phi) is 5.69. The number of amides is 1. The Morgan fingerprint density at radius 3 is 2.72 bits per heavy atom. The molecule has 0 radical (unpaired) electrons. The number of carbonyl (C=O) groups excluding carboxylic acids is 1. The van der Waals surface area contributed by atoms with Crippen LogP contribution in [0.3, 0.4) is 0 Å². The molecule has 0 saturated carbocycles. The van der Waals surface area contributed by atoms with Gasteiger partial charge in [-0.05, 0) is 38.0 Å². The Hall–Kier alpha value is -1.51. The number of anilines is 2. The summed E-state index contributed by atoms with van der Waals surface area (Å²) in [4.78, 5) is 13.8. The molecule has 3 heteroatoms. The quantitative estimate of drug-likeness (QED) is 0.833. The van der Waals surface area contributed by atoms with Crippen molar-refractivity contribution >= 4 is 17.3 Å². The molecule has 0 saturated heterocycles. The first-order valence-corrected chi connectivity index (χ1v) is 6.71. The average molecular weight is 248 g/mol. The van der Waals surface area contributed by atoms with Crippen molar-refractivity contribution in [1.82, 2.24) is 0 Å². The normalized spacial score (nSPS) is 12.0. The minimum atomic E-state index is 0.0841. The van der Waals surface area contributed by atoms with E-state index in [1.807, 2.05) is 25.1 Å². The van der Waals surface area contributed by atoms with E-state index >= 15 is 0 Å². The number of hydrogen-bond acceptors (Lipinski definition) is 2. The molecule has 0 aromatic heterocycles. The largest absolute Gasteiger partial charge is 0.372 e. The van der Waals surface area contributed by atoms with E-state index in [1.54, 1.807) is 0 Å². The number of nitrogens with one attached hydrogen (secondary N) is 1. The lowest BCUT2D eigenvalue weighted by Crippen LogP contribution is -2.27. The third kappa shape index (κ3) is 4.06. The van der Waals surface area contributed by atoms with E-state index in [0.717, 1.165) is 24.2 Å². The van der Waals surface area contributed by atoms with Gasteiger partial charge in [0, 0.05) is 30.9 Å². The Bertz CT molecular complexity index is 390. The first-order chi connectivity index (χ1) is 8.58. The van der Waals surface area contributed by atoms with Crippen LogP contribution in [0, 0.1) is 0 Å². The maximum absolute atomic E-state index is 11.6. The molecule has 0 spiro atoms. The predicted molar refractivity (Wildman–Crippen MR) is 78.1 cm³/mol. The molecule has 0 aliphatic carbocycles. The van der Waals surface area contributed by atoms with Gasteiger partial charge in [-0.15, -0.1) is 0 Å². The molecule has 0 heterocycles. The lowest BCUT2D eigenvalue weighted by atomic mass is 10.2. The Balaban J connectivity index is 2.76. The van der Waals surface area contributed by atoms with Gasteiger partial charge in [0.15, 0.2) is 0 Å². The van der Waals surface area contributed by atoms with Crippen LogP contribution in [0.4, 0.5) is 11.4 Å². The van der Waals surface area contributed by atoms with Gasteiger partial charge < -0.3 is 10.2 Å². The van der Waals surface area contributed by atoms with Crippen molar-refractivity contribution < 1.29 is 4.79 Å². The highest BCUT2D eigenvalue weighted by atomic mass is 16.1. The summed E-state index contributed by atoms with van der Waals surface area (Å²) in [6, 6.07) is 8.50. The van der Waals surface area contributed by atoms with Crippen LogP contribution in [0.5, 0.6) is 0 Å². The zero-order valence-corrected chi connectivity index (χ0v) is 11.9. The summed E-state index contributed by atoms with van der Waals surface area (Å²) in [5.74, 6) is 0.0841. The molecule has 1 rings (SSSR count). The molecule has 0 fully saturated rings. The fourth-order valence-corrected chi connectivity index (χ4v) is 1.78. The second-order valence-corrected chi connectivity index (χ2v) is 4.72. The number of nitrogens with zero attached hydrogens (tertiary/aromatic N) is 1. The Labute approximate surface area is 110 Å². The zero-order chi connectivity index (χ0) is 13.5. The molecule has 1 N–H and O–H groups in total. The van der Waals surface area contributed by atoms with Crippen molar-refractivity contribution in [3.63, 3.8) is 0 Å². The Morgan fingerprint density at radius 2 is 2.11 bits per heavy atom. The average Bonchev–Trinajstić information content (AvgIpc) is 2.37. The Morgan fingerprint density at radius 1 is 1.39 bits per heavy atom. The standard InChI is InChI=1S/C15H24N2O/c1-5-8-15(18)16-13-9-7-10-14(11-13)17(4)12(3)6-2/h7,9-12H,5-6,8H2,1-4H3,(H,16,18). The van der Waals surface area contributed by atoms with Gasteiger partial charge in [-0.1, -0.05) is 19.9 Å². The van der Waals surface area contributed by atoms with Crippen molar-refractivity contribution in [3.05, 3.63) is 24.3 Å². The molecular formula is C15H24N2O. The number of benzene rings is 1. The summed E-state index contributed by atoms with van der Waals surface area (Å²) in [6.07, 6.45) is 2.55. The maximum atomic E-state index is 11.6. The first-order valence-electron chi connectivity index (χ1n) is 6.71. The predicted octanol–water partition coefficient (Wildman–Crippen LogP) is 3.66. The highest BCUT2D eigenvalue weighted by Gasteiger charge is 2.08. The fourth-order valence-electron chi connectivity index (χ4n) is 1.78. The summed E-state index contributed by atoms with van der Waals surface area (Å²) >= 11 is 0. The van der Waals surface area contributed by atoms with E-state index in [0.29, 0.717) is 12.5 Å². The van der Waals surface area contributed by atoms with Crippen LogP contribution >= 0.6 is 0 Å². The van der Waals surface area contributed by atoms with E-state index in [-0.39, 0.29) is 5.91 Å². The second-order valence-electron chi connectivity index (χ2n) is 4.72. The van der Waals surface area contributed by atoms with Crippen LogP contribution in [0.1, 0.15) is 40.0 Å². The second kappa shape index (κ2) is 7.04. The van der Waals surface area contributed by atoms with Gasteiger partial charge in [0.05, 0.1) is 0 Å². The van der Waals surface area contributed by atoms with Crippen LogP contribution in [0.15, 0.2) is 24.3 Å². The van der Waals surface area contributed by atoms with Gasteiger partial charge in [0.1, 0.15) is 0 Å². The molecule has 1 aromatic rings. The summed E-state index contributed by atoms with van der Waals surface area (Å²) in [7, 11) is 2.08. The summed E-state index contributed by atoms with van der Waals surface area (Å²) < 4.78 is 0. The SMILES string of the molecule is CCCC(=O)Nc1cccc(N(C)C(C)CC)c1. The summed E-state index contributed by atoms with van der Waals surface area (Å²) in [6.45, 7) is 6.38.